The quantitative estimate of drug-likeness (QED) is 0.743. The number of hydrogen-bond acceptors (Lipinski definition) is 4. The molecule has 0 amide bonds. The average molecular weight is 229 g/mol. The van der Waals surface area contributed by atoms with Gasteiger partial charge in [-0.3, -0.25) is 0 Å². The number of rotatable bonds is 1. The number of anilines is 1. The van der Waals surface area contributed by atoms with Crippen molar-refractivity contribution < 1.29 is 9.53 Å². The van der Waals surface area contributed by atoms with Crippen LogP contribution in [0.25, 0.3) is 0 Å². The van der Waals surface area contributed by atoms with Gasteiger partial charge in [-0.1, -0.05) is 6.07 Å². The van der Waals surface area contributed by atoms with E-state index >= 15 is 0 Å². The lowest BCUT2D eigenvalue weighted by molar-refractivity contribution is 0.0594. The van der Waals surface area contributed by atoms with E-state index in [1.165, 1.54) is 12.7 Å². The van der Waals surface area contributed by atoms with E-state index in [9.17, 15) is 4.79 Å². The molecule has 0 atom stereocenters. The predicted octanol–water partition coefficient (Wildman–Crippen LogP) is 1.65. The Morgan fingerprint density at radius 1 is 1.53 bits per heavy atom. The highest BCUT2D eigenvalue weighted by Crippen LogP contribution is 2.19. The van der Waals surface area contributed by atoms with Crippen LogP contribution in [0.2, 0.25) is 0 Å². The number of ether oxygens (including phenoxy) is 1. The first-order chi connectivity index (χ1) is 6.81. The van der Waals surface area contributed by atoms with Crippen molar-refractivity contribution in [3.63, 3.8) is 0 Å². The van der Waals surface area contributed by atoms with Gasteiger partial charge in [-0.05, 0) is 24.5 Å². The van der Waals surface area contributed by atoms with E-state index in [0.29, 0.717) is 5.69 Å². The Kier molecular flexibility index (Phi) is 3.91. The Morgan fingerprint density at radius 2 is 2.33 bits per heavy atom. The van der Waals surface area contributed by atoms with Gasteiger partial charge in [-0.25, -0.2) is 9.78 Å². The van der Waals surface area contributed by atoms with E-state index in [1.807, 2.05) is 6.07 Å². The van der Waals surface area contributed by atoms with Crippen molar-refractivity contribution in [3.05, 3.63) is 23.4 Å². The molecule has 0 aliphatic carbocycles. The third-order valence-electron chi connectivity index (χ3n) is 2.29. The van der Waals surface area contributed by atoms with Crippen LogP contribution in [0.5, 0.6) is 0 Å². The Hall–Kier alpha value is -1.29. The van der Waals surface area contributed by atoms with Crippen molar-refractivity contribution in [2.24, 2.45) is 0 Å². The van der Waals surface area contributed by atoms with Gasteiger partial charge in [-0.2, -0.15) is 0 Å². The maximum atomic E-state index is 11.2. The van der Waals surface area contributed by atoms with Gasteiger partial charge in [0.2, 0.25) is 0 Å². The van der Waals surface area contributed by atoms with Gasteiger partial charge in [0.15, 0.2) is 5.69 Å². The highest BCUT2D eigenvalue weighted by atomic mass is 35.5. The molecule has 1 aromatic rings. The summed E-state index contributed by atoms with van der Waals surface area (Å²) in [4.78, 5) is 15.4. The van der Waals surface area contributed by atoms with Crippen LogP contribution in [0.3, 0.4) is 0 Å². The summed E-state index contributed by atoms with van der Waals surface area (Å²) in [7, 11) is 1.36. The number of aromatic nitrogens is 1. The molecule has 5 heteroatoms. The maximum Gasteiger partial charge on any atom is 0.356 e. The van der Waals surface area contributed by atoms with Crippen molar-refractivity contribution in [1.29, 1.82) is 0 Å². The lowest BCUT2D eigenvalue weighted by atomic mass is 10.1. The van der Waals surface area contributed by atoms with Crippen LogP contribution < -0.4 is 5.32 Å². The van der Waals surface area contributed by atoms with Gasteiger partial charge in [0.05, 0.1) is 7.11 Å². The molecule has 15 heavy (non-hydrogen) atoms. The standard InChI is InChI=1S/C10H12N2O2.ClH/c1-14-10(13)8-5-4-7-3-2-6-11-9(7)12-8;/h4-5H,2-3,6H2,1H3,(H,11,12);1H. The number of methoxy groups -OCH3 is 1. The Labute approximate surface area is 94.4 Å². The molecule has 2 rings (SSSR count). The molecule has 0 radical (unpaired) electrons. The second kappa shape index (κ2) is 4.98. The molecular weight excluding hydrogens is 216 g/mol. The van der Waals surface area contributed by atoms with Crippen LogP contribution in [0.4, 0.5) is 5.82 Å². The van der Waals surface area contributed by atoms with Gasteiger partial charge >= 0.3 is 5.97 Å². The van der Waals surface area contributed by atoms with E-state index in [0.717, 1.165) is 25.2 Å². The monoisotopic (exact) mass is 228 g/mol. The van der Waals surface area contributed by atoms with E-state index in [1.54, 1.807) is 6.07 Å². The Morgan fingerprint density at radius 3 is 3.07 bits per heavy atom. The molecule has 0 unspecified atom stereocenters. The number of carbonyl (C=O) groups is 1. The zero-order valence-electron chi connectivity index (χ0n) is 8.45. The lowest BCUT2D eigenvalue weighted by Crippen LogP contribution is -2.15. The predicted molar refractivity (Wildman–Crippen MR) is 59.6 cm³/mol. The maximum absolute atomic E-state index is 11.2. The van der Waals surface area contributed by atoms with E-state index in [4.69, 9.17) is 0 Å². The van der Waals surface area contributed by atoms with Gasteiger partial charge < -0.3 is 10.1 Å². The number of nitrogens with one attached hydrogen (secondary N) is 1. The van der Waals surface area contributed by atoms with Crippen LogP contribution in [0, 0.1) is 0 Å². The first-order valence-corrected chi connectivity index (χ1v) is 4.63. The average Bonchev–Trinajstić information content (AvgIpc) is 2.27. The number of esters is 1. The van der Waals surface area contributed by atoms with E-state index in [2.05, 4.69) is 15.0 Å². The Bertz CT molecular complexity index is 368. The van der Waals surface area contributed by atoms with Gasteiger partial charge in [-0.15, -0.1) is 12.4 Å². The third kappa shape index (κ3) is 2.39. The van der Waals surface area contributed by atoms with Crippen LogP contribution >= 0.6 is 12.4 Å². The summed E-state index contributed by atoms with van der Waals surface area (Å²) in [5, 5.41) is 3.16. The van der Waals surface area contributed by atoms with Gasteiger partial charge in [0.1, 0.15) is 5.82 Å². The second-order valence-electron chi connectivity index (χ2n) is 3.23. The normalized spacial score (nSPS) is 13.1. The summed E-state index contributed by atoms with van der Waals surface area (Å²) >= 11 is 0. The fourth-order valence-electron chi connectivity index (χ4n) is 1.55. The van der Waals surface area contributed by atoms with Crippen LogP contribution in [0.1, 0.15) is 22.5 Å². The molecule has 0 bridgehead atoms. The fraction of sp³-hybridized carbons (Fsp3) is 0.400. The molecule has 1 aliphatic heterocycles. The summed E-state index contributed by atoms with van der Waals surface area (Å²) in [6.07, 6.45) is 2.14. The topological polar surface area (TPSA) is 51.2 Å². The van der Waals surface area contributed by atoms with E-state index in [-0.39, 0.29) is 18.4 Å². The van der Waals surface area contributed by atoms with Crippen molar-refractivity contribution >= 4 is 24.2 Å². The first kappa shape index (κ1) is 11.8. The number of pyridine rings is 1. The summed E-state index contributed by atoms with van der Waals surface area (Å²) in [5.74, 6) is 0.430. The van der Waals surface area contributed by atoms with Crippen molar-refractivity contribution in [1.82, 2.24) is 4.98 Å². The lowest BCUT2D eigenvalue weighted by Gasteiger charge is -2.16. The molecule has 1 aromatic heterocycles. The summed E-state index contributed by atoms with van der Waals surface area (Å²) in [6.45, 7) is 0.921. The van der Waals surface area contributed by atoms with Gasteiger partial charge in [0.25, 0.3) is 0 Å². The molecule has 82 valence electrons. The Balaban J connectivity index is 0.00000112. The van der Waals surface area contributed by atoms with Crippen molar-refractivity contribution in [3.8, 4) is 0 Å². The minimum atomic E-state index is -0.389. The molecule has 4 nitrogen and oxygen atoms in total. The first-order valence-electron chi connectivity index (χ1n) is 4.63. The van der Waals surface area contributed by atoms with Crippen LogP contribution in [0.15, 0.2) is 12.1 Å². The molecule has 1 aliphatic rings. The SMILES string of the molecule is COC(=O)c1ccc2c(n1)NCCC2.Cl. The fourth-order valence-corrected chi connectivity index (χ4v) is 1.55. The number of nitrogens with zero attached hydrogens (tertiary/aromatic N) is 1. The molecule has 0 spiro atoms. The molecular formula is C10H13ClN2O2. The van der Waals surface area contributed by atoms with E-state index < -0.39 is 0 Å². The smallest absolute Gasteiger partial charge is 0.356 e. The molecule has 0 saturated carbocycles. The van der Waals surface area contributed by atoms with Crippen molar-refractivity contribution in [2.75, 3.05) is 19.0 Å². The number of hydrogen-bond donors (Lipinski definition) is 1. The van der Waals surface area contributed by atoms with Crippen molar-refractivity contribution in [2.45, 2.75) is 12.8 Å². The minimum Gasteiger partial charge on any atom is -0.464 e. The number of carbonyl (C=O) groups excluding carboxylic acids is 1. The van der Waals surface area contributed by atoms with Crippen LogP contribution in [-0.4, -0.2) is 24.6 Å². The molecule has 0 fully saturated rings. The zero-order chi connectivity index (χ0) is 9.97. The largest absolute Gasteiger partial charge is 0.464 e. The number of aryl methyl sites for hydroxylation is 1. The number of fused-ring (bicyclic) bond motifs is 1. The second-order valence-corrected chi connectivity index (χ2v) is 3.23. The highest BCUT2D eigenvalue weighted by molar-refractivity contribution is 5.87. The highest BCUT2D eigenvalue weighted by Gasteiger charge is 2.13. The van der Waals surface area contributed by atoms with Gasteiger partial charge in [0, 0.05) is 6.54 Å². The summed E-state index contributed by atoms with van der Waals surface area (Å²) in [5.41, 5.74) is 1.53. The molecule has 0 aromatic carbocycles. The third-order valence-corrected chi connectivity index (χ3v) is 2.29. The molecule has 1 N–H and O–H groups in total. The molecule has 0 saturated heterocycles. The summed E-state index contributed by atoms with van der Waals surface area (Å²) in [6, 6.07) is 3.64. The summed E-state index contributed by atoms with van der Waals surface area (Å²) < 4.78 is 4.60. The molecule has 2 heterocycles. The number of halogens is 1. The zero-order valence-corrected chi connectivity index (χ0v) is 9.26. The van der Waals surface area contributed by atoms with Crippen LogP contribution in [-0.2, 0) is 11.2 Å². The minimum absolute atomic E-state index is 0.